The standard InChI is InChI=1S/C16H28O2.C6H7NO2.C2H6/c1-11-13-10-17-15(12-6-4-5-7-12)18-14(13)8-9-16(11,2)3;1-9-6-2-5(8)3-7-4-6;1-2/h11-15H,4-10H2,1-3H3;2-4,8H,1H3;1-2H3/t11?,13?,14?,15-;;/m1../s1. The van der Waals surface area contributed by atoms with Gasteiger partial charge in [-0.05, 0) is 37.0 Å². The van der Waals surface area contributed by atoms with Gasteiger partial charge < -0.3 is 19.3 Å². The van der Waals surface area contributed by atoms with Crippen molar-refractivity contribution in [3.8, 4) is 11.5 Å². The van der Waals surface area contributed by atoms with Gasteiger partial charge in [0.1, 0.15) is 11.5 Å². The van der Waals surface area contributed by atoms with Crippen molar-refractivity contribution in [2.45, 2.75) is 85.5 Å². The lowest BCUT2D eigenvalue weighted by Crippen LogP contribution is -2.51. The Morgan fingerprint density at radius 3 is 2.41 bits per heavy atom. The van der Waals surface area contributed by atoms with Crippen molar-refractivity contribution in [2.24, 2.45) is 23.2 Å². The second-order valence-electron chi connectivity index (χ2n) is 8.98. The van der Waals surface area contributed by atoms with Gasteiger partial charge in [0.2, 0.25) is 0 Å². The number of aromatic hydroxyl groups is 1. The van der Waals surface area contributed by atoms with Crippen LogP contribution < -0.4 is 4.74 Å². The van der Waals surface area contributed by atoms with Crippen molar-refractivity contribution >= 4 is 0 Å². The van der Waals surface area contributed by atoms with E-state index in [1.54, 1.807) is 0 Å². The molecular weight excluding hydrogens is 366 g/mol. The Morgan fingerprint density at radius 2 is 1.83 bits per heavy atom. The van der Waals surface area contributed by atoms with E-state index in [1.807, 2.05) is 13.8 Å². The fourth-order valence-corrected chi connectivity index (χ4v) is 4.69. The Morgan fingerprint density at radius 1 is 1.14 bits per heavy atom. The fraction of sp³-hybridized carbons (Fsp3) is 0.792. The average Bonchev–Trinajstić information content (AvgIpc) is 3.28. The van der Waals surface area contributed by atoms with Gasteiger partial charge in [0.25, 0.3) is 0 Å². The predicted molar refractivity (Wildman–Crippen MR) is 116 cm³/mol. The van der Waals surface area contributed by atoms with Crippen molar-refractivity contribution in [1.82, 2.24) is 4.98 Å². The van der Waals surface area contributed by atoms with Crippen LogP contribution in [0, 0.1) is 23.2 Å². The first kappa shape index (κ1) is 23.9. The van der Waals surface area contributed by atoms with Gasteiger partial charge in [-0.3, -0.25) is 4.98 Å². The third-order valence-electron chi connectivity index (χ3n) is 6.91. The van der Waals surface area contributed by atoms with Gasteiger partial charge in [0.15, 0.2) is 6.29 Å². The van der Waals surface area contributed by atoms with Crippen LogP contribution in [0.4, 0.5) is 0 Å². The van der Waals surface area contributed by atoms with Crippen LogP contribution >= 0.6 is 0 Å². The molecule has 1 aromatic heterocycles. The lowest BCUT2D eigenvalue weighted by atomic mass is 9.63. The van der Waals surface area contributed by atoms with Gasteiger partial charge in [-0.15, -0.1) is 0 Å². The summed E-state index contributed by atoms with van der Waals surface area (Å²) in [5.74, 6) is 2.69. The Labute approximate surface area is 177 Å². The summed E-state index contributed by atoms with van der Waals surface area (Å²) >= 11 is 0. The molecule has 0 aromatic carbocycles. The summed E-state index contributed by atoms with van der Waals surface area (Å²) in [4.78, 5) is 3.68. The number of pyridine rings is 1. The minimum Gasteiger partial charge on any atom is -0.506 e. The number of hydrogen-bond donors (Lipinski definition) is 1. The van der Waals surface area contributed by atoms with Gasteiger partial charge in [-0.2, -0.15) is 0 Å². The molecular formula is C24H41NO4. The quantitative estimate of drug-likeness (QED) is 0.670. The Bertz CT molecular complexity index is 600. The van der Waals surface area contributed by atoms with Crippen LogP contribution in [0.5, 0.6) is 11.5 Å². The molecule has 5 heteroatoms. The molecule has 4 rings (SSSR count). The summed E-state index contributed by atoms with van der Waals surface area (Å²) in [7, 11) is 1.52. The monoisotopic (exact) mass is 407 g/mol. The molecule has 1 N–H and O–H groups in total. The first-order valence-corrected chi connectivity index (χ1v) is 11.4. The lowest BCUT2D eigenvalue weighted by Gasteiger charge is -2.50. The molecule has 1 aliphatic heterocycles. The third kappa shape index (κ3) is 6.32. The Hall–Kier alpha value is -1.33. The Balaban J connectivity index is 0.000000231. The Kier molecular flexibility index (Phi) is 9.22. The molecule has 166 valence electrons. The SMILES string of the molecule is CC.CC1C2CO[C@@H](C3CCCC3)OC2CCC1(C)C.COc1cncc(O)c1. The zero-order chi connectivity index (χ0) is 21.4. The molecule has 3 unspecified atom stereocenters. The van der Waals surface area contributed by atoms with Crippen LogP contribution in [-0.4, -0.2) is 36.2 Å². The van der Waals surface area contributed by atoms with Crippen molar-refractivity contribution in [2.75, 3.05) is 13.7 Å². The van der Waals surface area contributed by atoms with Crippen molar-refractivity contribution < 1.29 is 19.3 Å². The first-order valence-electron chi connectivity index (χ1n) is 11.4. The highest BCUT2D eigenvalue weighted by atomic mass is 16.7. The molecule has 2 saturated carbocycles. The number of fused-ring (bicyclic) bond motifs is 1. The van der Waals surface area contributed by atoms with E-state index in [0.717, 1.165) is 6.61 Å². The van der Waals surface area contributed by atoms with Crippen LogP contribution in [0.2, 0.25) is 0 Å². The zero-order valence-corrected chi connectivity index (χ0v) is 19.2. The molecule has 3 fully saturated rings. The number of methoxy groups -OCH3 is 1. The van der Waals surface area contributed by atoms with Gasteiger partial charge >= 0.3 is 0 Å². The van der Waals surface area contributed by atoms with E-state index in [2.05, 4.69) is 25.8 Å². The van der Waals surface area contributed by atoms with E-state index in [-0.39, 0.29) is 12.0 Å². The van der Waals surface area contributed by atoms with E-state index in [9.17, 15) is 0 Å². The molecule has 1 aromatic rings. The largest absolute Gasteiger partial charge is 0.506 e. The zero-order valence-electron chi connectivity index (χ0n) is 19.2. The maximum atomic E-state index is 8.80. The van der Waals surface area contributed by atoms with Crippen LogP contribution in [-0.2, 0) is 9.47 Å². The maximum absolute atomic E-state index is 8.80. The number of nitrogens with zero attached hydrogens (tertiary/aromatic N) is 1. The summed E-state index contributed by atoms with van der Waals surface area (Å²) in [6.07, 6.45) is 11.3. The van der Waals surface area contributed by atoms with Crippen molar-refractivity contribution in [1.29, 1.82) is 0 Å². The summed E-state index contributed by atoms with van der Waals surface area (Å²) < 4.78 is 17.2. The third-order valence-corrected chi connectivity index (χ3v) is 6.91. The molecule has 4 atom stereocenters. The average molecular weight is 408 g/mol. The molecule has 0 radical (unpaired) electrons. The maximum Gasteiger partial charge on any atom is 0.160 e. The highest BCUT2D eigenvalue weighted by Gasteiger charge is 2.46. The van der Waals surface area contributed by atoms with Crippen molar-refractivity contribution in [3.63, 3.8) is 0 Å². The van der Waals surface area contributed by atoms with E-state index in [0.29, 0.717) is 35.0 Å². The summed E-state index contributed by atoms with van der Waals surface area (Å²) in [6, 6.07) is 1.49. The molecule has 0 amide bonds. The van der Waals surface area contributed by atoms with Crippen LogP contribution in [0.1, 0.15) is 73.1 Å². The van der Waals surface area contributed by atoms with E-state index in [4.69, 9.17) is 19.3 Å². The molecule has 3 aliphatic rings. The van der Waals surface area contributed by atoms with Crippen LogP contribution in [0.25, 0.3) is 0 Å². The summed E-state index contributed by atoms with van der Waals surface area (Å²) in [6.45, 7) is 12.1. The second-order valence-corrected chi connectivity index (χ2v) is 8.98. The van der Waals surface area contributed by atoms with E-state index in [1.165, 1.54) is 64.1 Å². The molecule has 0 bridgehead atoms. The van der Waals surface area contributed by atoms with Gasteiger partial charge in [0.05, 0.1) is 32.2 Å². The van der Waals surface area contributed by atoms with E-state index >= 15 is 0 Å². The fourth-order valence-electron chi connectivity index (χ4n) is 4.69. The number of ether oxygens (including phenoxy) is 3. The normalized spacial score (nSPS) is 30.8. The molecule has 29 heavy (non-hydrogen) atoms. The smallest absolute Gasteiger partial charge is 0.160 e. The minimum absolute atomic E-state index is 0.113. The van der Waals surface area contributed by atoms with Crippen LogP contribution in [0.15, 0.2) is 18.5 Å². The topological polar surface area (TPSA) is 60.8 Å². The molecule has 2 aliphatic carbocycles. The molecule has 1 saturated heterocycles. The molecule has 0 spiro atoms. The highest BCUT2D eigenvalue weighted by molar-refractivity contribution is 5.26. The van der Waals surface area contributed by atoms with E-state index < -0.39 is 0 Å². The number of aromatic nitrogens is 1. The minimum atomic E-state index is 0.113. The highest BCUT2D eigenvalue weighted by Crippen LogP contribution is 2.47. The first-order chi connectivity index (χ1) is 13.9. The number of hydrogen-bond acceptors (Lipinski definition) is 5. The molecule has 5 nitrogen and oxygen atoms in total. The van der Waals surface area contributed by atoms with Gasteiger partial charge in [-0.25, -0.2) is 0 Å². The van der Waals surface area contributed by atoms with Gasteiger partial charge in [-0.1, -0.05) is 47.5 Å². The summed E-state index contributed by atoms with van der Waals surface area (Å²) in [5, 5.41) is 8.80. The second kappa shape index (κ2) is 11.2. The van der Waals surface area contributed by atoms with Gasteiger partial charge in [0, 0.05) is 17.9 Å². The summed E-state index contributed by atoms with van der Waals surface area (Å²) in [5.41, 5.74) is 0.452. The number of rotatable bonds is 2. The van der Waals surface area contributed by atoms with Crippen LogP contribution in [0.3, 0.4) is 0 Å². The molecule has 2 heterocycles. The predicted octanol–water partition coefficient (Wildman–Crippen LogP) is 5.81. The lowest BCUT2D eigenvalue weighted by molar-refractivity contribution is -0.278. The van der Waals surface area contributed by atoms with Crippen molar-refractivity contribution in [3.05, 3.63) is 18.5 Å².